The lowest BCUT2D eigenvalue weighted by molar-refractivity contribution is -0.118. The van der Waals surface area contributed by atoms with Gasteiger partial charge in [0.1, 0.15) is 5.78 Å². The van der Waals surface area contributed by atoms with Gasteiger partial charge in [-0.3, -0.25) is 4.79 Å². The topological polar surface area (TPSA) is 17.1 Å². The zero-order valence-corrected chi connectivity index (χ0v) is 9.35. The summed E-state index contributed by atoms with van der Waals surface area (Å²) >= 11 is 0. The van der Waals surface area contributed by atoms with Gasteiger partial charge in [-0.2, -0.15) is 0 Å². The normalized spacial score (nSPS) is 22.1. The number of Topliss-reactive ketones (excluding diaryl/α,β-unsaturated/α-hetero) is 1. The quantitative estimate of drug-likeness (QED) is 0.623. The van der Waals surface area contributed by atoms with E-state index < -0.39 is 0 Å². The van der Waals surface area contributed by atoms with Crippen LogP contribution in [0.5, 0.6) is 0 Å². The SMILES string of the molecule is C=CC1(CC(C)=O)CCCCCCC1. The van der Waals surface area contributed by atoms with E-state index in [1.807, 2.05) is 6.08 Å². The maximum absolute atomic E-state index is 11.2. The lowest BCUT2D eigenvalue weighted by Crippen LogP contribution is -2.22. The monoisotopic (exact) mass is 194 g/mol. The fourth-order valence-electron chi connectivity index (χ4n) is 2.56. The van der Waals surface area contributed by atoms with Crippen molar-refractivity contribution in [2.75, 3.05) is 0 Å². The number of carbonyl (C=O) groups excluding carboxylic acids is 1. The van der Waals surface area contributed by atoms with E-state index in [9.17, 15) is 4.79 Å². The molecule has 0 aliphatic heterocycles. The first-order valence-corrected chi connectivity index (χ1v) is 5.82. The van der Waals surface area contributed by atoms with Crippen LogP contribution < -0.4 is 0 Å². The number of rotatable bonds is 3. The molecular formula is C13H22O. The predicted molar refractivity (Wildman–Crippen MR) is 60.2 cm³/mol. The van der Waals surface area contributed by atoms with Gasteiger partial charge >= 0.3 is 0 Å². The molecule has 0 heterocycles. The molecule has 1 heteroatoms. The van der Waals surface area contributed by atoms with Gasteiger partial charge < -0.3 is 0 Å². The van der Waals surface area contributed by atoms with Gasteiger partial charge in [0, 0.05) is 6.42 Å². The zero-order valence-electron chi connectivity index (χ0n) is 9.35. The van der Waals surface area contributed by atoms with Crippen molar-refractivity contribution in [3.8, 4) is 0 Å². The van der Waals surface area contributed by atoms with Crippen molar-refractivity contribution >= 4 is 5.78 Å². The van der Waals surface area contributed by atoms with E-state index in [4.69, 9.17) is 0 Å². The highest BCUT2D eigenvalue weighted by Gasteiger charge is 2.28. The Kier molecular flexibility index (Phi) is 4.37. The Balaban J connectivity index is 2.62. The van der Waals surface area contributed by atoms with Gasteiger partial charge in [0.2, 0.25) is 0 Å². The second-order valence-electron chi connectivity index (χ2n) is 4.71. The first-order chi connectivity index (χ1) is 6.68. The van der Waals surface area contributed by atoms with Gasteiger partial charge in [-0.15, -0.1) is 6.58 Å². The highest BCUT2D eigenvalue weighted by Crippen LogP contribution is 2.38. The van der Waals surface area contributed by atoms with E-state index >= 15 is 0 Å². The fraction of sp³-hybridized carbons (Fsp3) is 0.769. The molecule has 1 aliphatic carbocycles. The van der Waals surface area contributed by atoms with Crippen LogP contribution in [0.4, 0.5) is 0 Å². The number of ketones is 1. The maximum Gasteiger partial charge on any atom is 0.130 e. The average molecular weight is 194 g/mol. The van der Waals surface area contributed by atoms with Crippen molar-refractivity contribution in [1.29, 1.82) is 0 Å². The Morgan fingerprint density at radius 3 is 2.14 bits per heavy atom. The molecule has 0 amide bonds. The second-order valence-corrected chi connectivity index (χ2v) is 4.71. The molecule has 0 unspecified atom stereocenters. The van der Waals surface area contributed by atoms with E-state index in [1.165, 1.54) is 32.1 Å². The van der Waals surface area contributed by atoms with Gasteiger partial charge in [0.05, 0.1) is 0 Å². The van der Waals surface area contributed by atoms with Crippen LogP contribution in [0.1, 0.15) is 58.3 Å². The van der Waals surface area contributed by atoms with E-state index in [0.717, 1.165) is 12.8 Å². The molecule has 0 radical (unpaired) electrons. The molecule has 0 atom stereocenters. The van der Waals surface area contributed by atoms with Gasteiger partial charge in [0.15, 0.2) is 0 Å². The third kappa shape index (κ3) is 3.28. The molecule has 0 aromatic heterocycles. The van der Waals surface area contributed by atoms with Crippen LogP contribution in [0.2, 0.25) is 0 Å². The highest BCUT2D eigenvalue weighted by molar-refractivity contribution is 5.76. The second kappa shape index (κ2) is 5.33. The van der Waals surface area contributed by atoms with Crippen molar-refractivity contribution in [2.45, 2.75) is 58.3 Å². The summed E-state index contributed by atoms with van der Waals surface area (Å²) in [6.07, 6.45) is 11.6. The van der Waals surface area contributed by atoms with Crippen LogP contribution in [0.15, 0.2) is 12.7 Å². The van der Waals surface area contributed by atoms with Crippen molar-refractivity contribution in [1.82, 2.24) is 0 Å². The molecule has 0 spiro atoms. The van der Waals surface area contributed by atoms with Gasteiger partial charge in [-0.25, -0.2) is 0 Å². The largest absolute Gasteiger partial charge is 0.300 e. The smallest absolute Gasteiger partial charge is 0.130 e. The molecule has 0 saturated heterocycles. The Hall–Kier alpha value is -0.590. The van der Waals surface area contributed by atoms with Crippen LogP contribution >= 0.6 is 0 Å². The maximum atomic E-state index is 11.2. The first-order valence-electron chi connectivity index (χ1n) is 5.82. The summed E-state index contributed by atoms with van der Waals surface area (Å²) in [6.45, 7) is 5.63. The van der Waals surface area contributed by atoms with Crippen LogP contribution in [0.25, 0.3) is 0 Å². The Morgan fingerprint density at radius 1 is 1.21 bits per heavy atom. The lowest BCUT2D eigenvalue weighted by atomic mass is 9.73. The number of hydrogen-bond donors (Lipinski definition) is 0. The molecule has 1 nitrogen and oxygen atoms in total. The van der Waals surface area contributed by atoms with Crippen molar-refractivity contribution < 1.29 is 4.79 Å². The minimum atomic E-state index is 0.131. The molecule has 0 aromatic rings. The number of carbonyl (C=O) groups is 1. The first kappa shape index (κ1) is 11.5. The Bertz CT molecular complexity index is 197. The average Bonchev–Trinajstić information content (AvgIpc) is 2.09. The molecule has 1 saturated carbocycles. The molecule has 0 bridgehead atoms. The van der Waals surface area contributed by atoms with E-state index in [2.05, 4.69) is 6.58 Å². The zero-order chi connectivity index (χ0) is 10.4. The molecule has 0 aromatic carbocycles. The summed E-state index contributed by atoms with van der Waals surface area (Å²) in [7, 11) is 0. The van der Waals surface area contributed by atoms with Crippen LogP contribution in [-0.2, 0) is 4.79 Å². The van der Waals surface area contributed by atoms with Crippen molar-refractivity contribution in [2.24, 2.45) is 5.41 Å². The summed E-state index contributed by atoms with van der Waals surface area (Å²) in [4.78, 5) is 11.2. The predicted octanol–water partition coefficient (Wildman–Crippen LogP) is 3.88. The third-order valence-corrected chi connectivity index (χ3v) is 3.38. The van der Waals surface area contributed by atoms with E-state index in [0.29, 0.717) is 12.2 Å². The summed E-state index contributed by atoms with van der Waals surface area (Å²) in [5.41, 5.74) is 0.131. The molecule has 1 rings (SSSR count). The van der Waals surface area contributed by atoms with Crippen molar-refractivity contribution in [3.05, 3.63) is 12.7 Å². The standard InChI is InChI=1S/C13H22O/c1-3-13(11-12(2)14)9-7-5-4-6-8-10-13/h3H,1,4-11H2,2H3. The third-order valence-electron chi connectivity index (χ3n) is 3.38. The summed E-state index contributed by atoms with van der Waals surface area (Å²) in [5.74, 6) is 0.311. The molecule has 1 fully saturated rings. The summed E-state index contributed by atoms with van der Waals surface area (Å²) in [5, 5.41) is 0. The van der Waals surface area contributed by atoms with Crippen LogP contribution in [0, 0.1) is 5.41 Å². The summed E-state index contributed by atoms with van der Waals surface area (Å²) in [6, 6.07) is 0. The van der Waals surface area contributed by atoms with E-state index in [1.54, 1.807) is 6.92 Å². The lowest BCUT2D eigenvalue weighted by Gasteiger charge is -2.31. The van der Waals surface area contributed by atoms with E-state index in [-0.39, 0.29) is 5.41 Å². The molecular weight excluding hydrogens is 172 g/mol. The Morgan fingerprint density at radius 2 is 1.71 bits per heavy atom. The summed E-state index contributed by atoms with van der Waals surface area (Å²) < 4.78 is 0. The van der Waals surface area contributed by atoms with Gasteiger partial charge in [-0.05, 0) is 25.2 Å². The minimum Gasteiger partial charge on any atom is -0.300 e. The van der Waals surface area contributed by atoms with Gasteiger partial charge in [-0.1, -0.05) is 38.2 Å². The van der Waals surface area contributed by atoms with Gasteiger partial charge in [0.25, 0.3) is 0 Å². The van der Waals surface area contributed by atoms with Crippen LogP contribution in [-0.4, -0.2) is 5.78 Å². The number of allylic oxidation sites excluding steroid dienone is 1. The molecule has 0 N–H and O–H groups in total. The molecule has 80 valence electrons. The minimum absolute atomic E-state index is 0.131. The highest BCUT2D eigenvalue weighted by atomic mass is 16.1. The van der Waals surface area contributed by atoms with Crippen molar-refractivity contribution in [3.63, 3.8) is 0 Å². The molecule has 1 aliphatic rings. The fourth-order valence-corrected chi connectivity index (χ4v) is 2.56. The number of hydrogen-bond acceptors (Lipinski definition) is 1. The molecule has 14 heavy (non-hydrogen) atoms. The van der Waals surface area contributed by atoms with Crippen LogP contribution in [0.3, 0.4) is 0 Å². The Labute approximate surface area is 87.6 Å².